The quantitative estimate of drug-likeness (QED) is 0.646. The average Bonchev–Trinajstić information content (AvgIpc) is 2.37. The van der Waals surface area contributed by atoms with Crippen LogP contribution in [-0.2, 0) is 9.59 Å². The lowest BCUT2D eigenvalue weighted by Crippen LogP contribution is -2.69. The Balaban J connectivity index is 2.35. The zero-order valence-electron chi connectivity index (χ0n) is 18.2. The van der Waals surface area contributed by atoms with Crippen LogP contribution in [0.3, 0.4) is 0 Å². The van der Waals surface area contributed by atoms with E-state index in [9.17, 15) is 19.8 Å². The van der Waals surface area contributed by atoms with Gasteiger partial charge in [-0.1, -0.05) is 0 Å². The first-order chi connectivity index (χ1) is 12.0. The Kier molecular flexibility index (Phi) is 5.52. The van der Waals surface area contributed by atoms with Gasteiger partial charge in [0.05, 0.1) is 0 Å². The number of piperidine rings is 2. The molecular weight excluding hydrogens is 344 g/mol. The number of aliphatic carboxylic acids is 2. The van der Waals surface area contributed by atoms with Crippen molar-refractivity contribution in [1.82, 2.24) is 10.2 Å². The van der Waals surface area contributed by atoms with Crippen LogP contribution >= 0.6 is 0 Å². The molecule has 2 aliphatic rings. The fourth-order valence-corrected chi connectivity index (χ4v) is 6.46. The van der Waals surface area contributed by atoms with Gasteiger partial charge < -0.3 is 15.5 Å². The molecule has 2 saturated heterocycles. The molecule has 6 nitrogen and oxygen atoms in total. The van der Waals surface area contributed by atoms with Gasteiger partial charge in [-0.15, -0.1) is 0 Å². The van der Waals surface area contributed by atoms with E-state index in [1.165, 1.54) is 0 Å². The monoisotopic (exact) mass is 382 g/mol. The minimum Gasteiger partial charge on any atom is -0.480 e. The fraction of sp³-hybridized carbons (Fsp3) is 0.905. The van der Waals surface area contributed by atoms with Crippen LogP contribution < -0.4 is 5.32 Å². The van der Waals surface area contributed by atoms with Gasteiger partial charge >= 0.3 is 11.9 Å². The highest BCUT2D eigenvalue weighted by Gasteiger charge is 2.54. The van der Waals surface area contributed by atoms with E-state index in [0.717, 1.165) is 25.7 Å². The summed E-state index contributed by atoms with van der Waals surface area (Å²) in [7, 11) is 0. The Hall–Kier alpha value is -1.14. The van der Waals surface area contributed by atoms with Gasteiger partial charge in [0.1, 0.15) is 0 Å². The zero-order valence-corrected chi connectivity index (χ0v) is 18.2. The van der Waals surface area contributed by atoms with E-state index in [4.69, 9.17) is 0 Å². The van der Waals surface area contributed by atoms with Crippen molar-refractivity contribution in [3.05, 3.63) is 0 Å². The number of hydrogen-bond donors (Lipinski definition) is 3. The highest BCUT2D eigenvalue weighted by atomic mass is 16.4. The Morgan fingerprint density at radius 3 is 1.44 bits per heavy atom. The summed E-state index contributed by atoms with van der Waals surface area (Å²) >= 11 is 0. The van der Waals surface area contributed by atoms with Gasteiger partial charge in [-0.05, 0) is 92.9 Å². The lowest BCUT2D eigenvalue weighted by Gasteiger charge is -2.59. The van der Waals surface area contributed by atoms with Crippen LogP contribution in [0.5, 0.6) is 0 Å². The molecule has 6 heteroatoms. The predicted octanol–water partition coefficient (Wildman–Crippen LogP) is 3.35. The molecule has 2 fully saturated rings. The van der Waals surface area contributed by atoms with Gasteiger partial charge in [-0.3, -0.25) is 4.90 Å². The Labute approximate surface area is 163 Å². The maximum Gasteiger partial charge on any atom is 0.332 e. The van der Waals surface area contributed by atoms with Crippen LogP contribution in [0.1, 0.15) is 81.1 Å². The van der Waals surface area contributed by atoms with E-state index < -0.39 is 29.1 Å². The predicted molar refractivity (Wildman–Crippen MR) is 106 cm³/mol. The van der Waals surface area contributed by atoms with Gasteiger partial charge in [0.15, 0.2) is 0 Å². The van der Waals surface area contributed by atoms with Gasteiger partial charge in [-0.25, -0.2) is 9.59 Å². The van der Waals surface area contributed by atoms with E-state index in [2.05, 4.69) is 33.0 Å². The third kappa shape index (κ3) is 4.65. The molecule has 0 spiro atoms. The number of carboxylic acids is 2. The molecule has 0 aromatic carbocycles. The third-order valence-corrected chi connectivity index (χ3v) is 6.44. The van der Waals surface area contributed by atoms with Crippen molar-refractivity contribution in [2.75, 3.05) is 0 Å². The van der Waals surface area contributed by atoms with Gasteiger partial charge in [0.25, 0.3) is 0 Å². The van der Waals surface area contributed by atoms with Crippen LogP contribution in [0.15, 0.2) is 0 Å². The number of nitrogens with one attached hydrogen (secondary N) is 1. The van der Waals surface area contributed by atoms with Gasteiger partial charge in [-0.2, -0.15) is 0 Å². The van der Waals surface area contributed by atoms with Gasteiger partial charge in [0.2, 0.25) is 6.04 Å². The van der Waals surface area contributed by atoms with Crippen molar-refractivity contribution >= 4 is 11.9 Å². The maximum absolute atomic E-state index is 11.7. The van der Waals surface area contributed by atoms with E-state index in [0.29, 0.717) is 11.8 Å². The van der Waals surface area contributed by atoms with Crippen LogP contribution in [0.4, 0.5) is 0 Å². The summed E-state index contributed by atoms with van der Waals surface area (Å²) in [6, 6.07) is -1.52. The molecule has 0 radical (unpaired) electrons. The Morgan fingerprint density at radius 1 is 0.778 bits per heavy atom. The largest absolute Gasteiger partial charge is 0.480 e. The molecule has 0 amide bonds. The van der Waals surface area contributed by atoms with E-state index in [-0.39, 0.29) is 11.1 Å². The molecule has 0 aliphatic carbocycles. The van der Waals surface area contributed by atoms with Crippen LogP contribution in [-0.4, -0.2) is 55.2 Å². The second-order valence-corrected chi connectivity index (χ2v) is 11.3. The molecule has 27 heavy (non-hydrogen) atoms. The van der Waals surface area contributed by atoms with Gasteiger partial charge in [0, 0.05) is 22.2 Å². The summed E-state index contributed by atoms with van der Waals surface area (Å²) in [4.78, 5) is 25.2. The number of hydrogen-bond acceptors (Lipinski definition) is 4. The first-order valence-corrected chi connectivity index (χ1v) is 10.0. The summed E-state index contributed by atoms with van der Waals surface area (Å²) in [5.41, 5.74) is -0.898. The highest BCUT2D eigenvalue weighted by Crippen LogP contribution is 2.49. The second kappa shape index (κ2) is 6.73. The van der Waals surface area contributed by atoms with Crippen LogP contribution in [0.2, 0.25) is 0 Å². The lowest BCUT2D eigenvalue weighted by molar-refractivity contribution is -0.173. The Morgan fingerprint density at radius 2 is 1.11 bits per heavy atom. The number of likely N-dealkylation sites (tertiary alicyclic amines) is 1. The summed E-state index contributed by atoms with van der Waals surface area (Å²) in [5.74, 6) is -1.60. The van der Waals surface area contributed by atoms with Crippen molar-refractivity contribution in [2.24, 2.45) is 11.8 Å². The maximum atomic E-state index is 11.7. The molecule has 2 rings (SSSR count). The minimum atomic E-state index is -1.52. The lowest BCUT2D eigenvalue weighted by atomic mass is 9.62. The van der Waals surface area contributed by atoms with Crippen molar-refractivity contribution in [1.29, 1.82) is 0 Å². The molecule has 0 saturated carbocycles. The number of nitrogens with zero attached hydrogens (tertiary/aromatic N) is 1. The fourth-order valence-electron chi connectivity index (χ4n) is 6.46. The molecule has 2 aliphatic heterocycles. The van der Waals surface area contributed by atoms with Crippen molar-refractivity contribution in [3.8, 4) is 0 Å². The number of carboxylic acid groups (broad SMARTS) is 2. The molecule has 2 heterocycles. The molecule has 0 aromatic heterocycles. The molecule has 0 atom stereocenters. The zero-order chi connectivity index (χ0) is 21.0. The van der Waals surface area contributed by atoms with E-state index in [1.54, 1.807) is 4.90 Å². The van der Waals surface area contributed by atoms with E-state index in [1.807, 2.05) is 27.7 Å². The summed E-state index contributed by atoms with van der Waals surface area (Å²) < 4.78 is 0. The minimum absolute atomic E-state index is 0.0580. The third-order valence-electron chi connectivity index (χ3n) is 6.44. The summed E-state index contributed by atoms with van der Waals surface area (Å²) in [6.07, 6.45) is 3.78. The van der Waals surface area contributed by atoms with Crippen LogP contribution in [0.25, 0.3) is 0 Å². The number of carbonyl (C=O) groups is 2. The second-order valence-electron chi connectivity index (χ2n) is 11.3. The Bertz CT molecular complexity index is 561. The molecule has 3 N–H and O–H groups in total. The highest BCUT2D eigenvalue weighted by molar-refractivity contribution is 5.97. The molecule has 0 bridgehead atoms. The van der Waals surface area contributed by atoms with Crippen molar-refractivity contribution in [2.45, 2.75) is 109 Å². The molecular formula is C21H38N2O4. The number of rotatable bonds is 4. The first kappa shape index (κ1) is 22.2. The molecule has 0 aromatic rings. The molecule has 156 valence electrons. The van der Waals surface area contributed by atoms with Crippen molar-refractivity contribution < 1.29 is 19.8 Å². The SMILES string of the molecule is CC1(C)CC(C2CC(C)(C)N(C(C(=O)O)C(=O)O)C(C)(C)C2)CC(C)(C)N1. The van der Waals surface area contributed by atoms with Crippen molar-refractivity contribution in [3.63, 3.8) is 0 Å². The smallest absolute Gasteiger partial charge is 0.332 e. The summed E-state index contributed by atoms with van der Waals surface area (Å²) in [6.45, 7) is 17.0. The molecule has 0 unspecified atom stereocenters. The van der Waals surface area contributed by atoms with E-state index >= 15 is 0 Å². The topological polar surface area (TPSA) is 89.9 Å². The summed E-state index contributed by atoms with van der Waals surface area (Å²) in [5, 5.41) is 22.9. The van der Waals surface area contributed by atoms with Crippen LogP contribution in [0, 0.1) is 11.8 Å². The standard InChI is InChI=1S/C21H38N2O4/c1-18(2)9-13(10-19(3,4)22-18)14-11-20(5,6)23(21(7,8)12-14)15(16(24)25)17(26)27/h13-15,22H,9-12H2,1-8H3,(H,24,25)(H,26,27). The normalized spacial score (nSPS) is 28.2. The first-order valence-electron chi connectivity index (χ1n) is 10.0. The average molecular weight is 383 g/mol.